The van der Waals surface area contributed by atoms with Gasteiger partial charge < -0.3 is 20.3 Å². The number of hydrogen-bond donors (Lipinski definition) is 2. The first-order valence-corrected chi connectivity index (χ1v) is 16.2. The van der Waals surface area contributed by atoms with Gasteiger partial charge in [-0.1, -0.05) is 54.1 Å². The molecule has 49 heavy (non-hydrogen) atoms. The van der Waals surface area contributed by atoms with Gasteiger partial charge in [0.25, 0.3) is 0 Å². The molecule has 0 bridgehead atoms. The number of carbonyl (C=O) groups is 4. The summed E-state index contributed by atoms with van der Waals surface area (Å²) in [5, 5.41) is 6.89. The molecule has 0 aromatic heterocycles. The van der Waals surface area contributed by atoms with E-state index in [1.54, 1.807) is 53.5 Å². The number of anilines is 4. The first-order valence-electron chi connectivity index (χ1n) is 16.2. The zero-order valence-corrected chi connectivity index (χ0v) is 28.7. The van der Waals surface area contributed by atoms with Crippen LogP contribution >= 0.6 is 0 Å². The van der Waals surface area contributed by atoms with E-state index in [0.717, 1.165) is 33.5 Å². The third-order valence-corrected chi connectivity index (χ3v) is 8.60. The maximum atomic E-state index is 14.1. The number of fused-ring (bicyclic) bond motifs is 2. The number of nitrogens with zero attached hydrogens (tertiary/aromatic N) is 1. The fourth-order valence-corrected chi connectivity index (χ4v) is 6.40. The second kappa shape index (κ2) is 14.6. The van der Waals surface area contributed by atoms with Gasteiger partial charge in [0.1, 0.15) is 5.75 Å². The molecular formula is C41H41N3O5. The Balaban J connectivity index is 1.44. The first kappa shape index (κ1) is 34.6. The number of rotatable bonds is 12. The zero-order valence-electron chi connectivity index (χ0n) is 28.7. The summed E-state index contributed by atoms with van der Waals surface area (Å²) < 4.78 is 5.61. The Labute approximate surface area is 287 Å². The third-order valence-electron chi connectivity index (χ3n) is 8.60. The molecule has 1 amide bonds. The SMILES string of the molecule is C=CCN(CC=C)C(=O)CCC(=O)Oc1cc(C)c(Nc2ccc(Nc3c(C)cc(C)cc3C)c3c2C(=O)c2ccccc2C3=O)c(C)c1. The van der Waals surface area contributed by atoms with Crippen molar-refractivity contribution < 1.29 is 23.9 Å². The van der Waals surface area contributed by atoms with Crippen molar-refractivity contribution in [2.75, 3.05) is 23.7 Å². The summed E-state index contributed by atoms with van der Waals surface area (Å²) in [4.78, 5) is 55.0. The van der Waals surface area contributed by atoms with E-state index in [4.69, 9.17) is 4.74 Å². The Kier molecular flexibility index (Phi) is 10.3. The van der Waals surface area contributed by atoms with Crippen molar-refractivity contribution in [3.8, 4) is 5.75 Å². The van der Waals surface area contributed by atoms with Crippen molar-refractivity contribution in [3.63, 3.8) is 0 Å². The Morgan fingerprint density at radius 1 is 0.694 bits per heavy atom. The van der Waals surface area contributed by atoms with Crippen molar-refractivity contribution >= 4 is 46.2 Å². The predicted molar refractivity (Wildman–Crippen MR) is 195 cm³/mol. The molecule has 1 aliphatic carbocycles. The summed E-state index contributed by atoms with van der Waals surface area (Å²) >= 11 is 0. The maximum absolute atomic E-state index is 14.1. The average molecular weight is 656 g/mol. The molecule has 2 N–H and O–H groups in total. The van der Waals surface area contributed by atoms with Crippen molar-refractivity contribution in [3.05, 3.63) is 136 Å². The molecule has 0 aliphatic heterocycles. The van der Waals surface area contributed by atoms with E-state index in [-0.39, 0.29) is 35.9 Å². The third kappa shape index (κ3) is 7.23. The number of nitrogens with one attached hydrogen (secondary N) is 2. The lowest BCUT2D eigenvalue weighted by molar-refractivity contribution is -0.138. The highest BCUT2D eigenvalue weighted by molar-refractivity contribution is 6.32. The Hall–Kier alpha value is -5.76. The van der Waals surface area contributed by atoms with E-state index in [9.17, 15) is 19.2 Å². The van der Waals surface area contributed by atoms with Gasteiger partial charge in [-0.15, -0.1) is 13.2 Å². The highest BCUT2D eigenvalue weighted by atomic mass is 16.5. The van der Waals surface area contributed by atoms with Crippen LogP contribution in [0.3, 0.4) is 0 Å². The molecule has 0 spiro atoms. The first-order chi connectivity index (χ1) is 23.4. The van der Waals surface area contributed by atoms with Crippen LogP contribution in [0.1, 0.15) is 72.5 Å². The van der Waals surface area contributed by atoms with Crippen LogP contribution in [0.2, 0.25) is 0 Å². The molecule has 4 aromatic rings. The summed E-state index contributed by atoms with van der Waals surface area (Å²) in [6.07, 6.45) is 3.18. The van der Waals surface area contributed by atoms with Gasteiger partial charge in [-0.05, 0) is 81.1 Å². The Morgan fingerprint density at radius 3 is 1.59 bits per heavy atom. The van der Waals surface area contributed by atoms with Gasteiger partial charge in [0, 0.05) is 42.0 Å². The van der Waals surface area contributed by atoms with Crippen LogP contribution in [0.4, 0.5) is 22.7 Å². The van der Waals surface area contributed by atoms with Gasteiger partial charge in [-0.3, -0.25) is 19.2 Å². The second-order valence-corrected chi connectivity index (χ2v) is 12.4. The van der Waals surface area contributed by atoms with Crippen LogP contribution in [-0.2, 0) is 9.59 Å². The van der Waals surface area contributed by atoms with E-state index in [1.807, 2.05) is 46.8 Å². The van der Waals surface area contributed by atoms with E-state index >= 15 is 0 Å². The molecule has 8 nitrogen and oxygen atoms in total. The number of carbonyl (C=O) groups excluding carboxylic acids is 4. The lowest BCUT2D eigenvalue weighted by atomic mass is 9.82. The topological polar surface area (TPSA) is 105 Å². The van der Waals surface area contributed by atoms with E-state index in [2.05, 4.69) is 35.9 Å². The van der Waals surface area contributed by atoms with Crippen LogP contribution in [0.15, 0.2) is 86.0 Å². The molecule has 0 saturated carbocycles. The van der Waals surface area contributed by atoms with Crippen LogP contribution in [0.25, 0.3) is 0 Å². The van der Waals surface area contributed by atoms with Gasteiger partial charge in [-0.25, -0.2) is 0 Å². The number of benzene rings is 4. The van der Waals surface area contributed by atoms with E-state index < -0.39 is 5.97 Å². The molecule has 0 atom stereocenters. The molecule has 5 rings (SSSR count). The van der Waals surface area contributed by atoms with Crippen molar-refractivity contribution in [2.24, 2.45) is 0 Å². The fourth-order valence-electron chi connectivity index (χ4n) is 6.40. The minimum absolute atomic E-state index is 0.00695. The lowest BCUT2D eigenvalue weighted by Gasteiger charge is -2.25. The van der Waals surface area contributed by atoms with Crippen LogP contribution in [0.5, 0.6) is 5.75 Å². The molecule has 250 valence electrons. The monoisotopic (exact) mass is 655 g/mol. The van der Waals surface area contributed by atoms with Crippen LogP contribution in [0, 0.1) is 34.6 Å². The summed E-state index contributed by atoms with van der Waals surface area (Å²) in [5.41, 5.74) is 8.69. The van der Waals surface area contributed by atoms with Crippen LogP contribution in [-0.4, -0.2) is 41.4 Å². The largest absolute Gasteiger partial charge is 0.426 e. The van der Waals surface area contributed by atoms with Crippen molar-refractivity contribution in [1.82, 2.24) is 4.90 Å². The number of esters is 1. The molecule has 0 fully saturated rings. The smallest absolute Gasteiger partial charge is 0.311 e. The van der Waals surface area contributed by atoms with E-state index in [1.165, 1.54) is 0 Å². The van der Waals surface area contributed by atoms with Gasteiger partial charge >= 0.3 is 5.97 Å². The molecule has 8 heteroatoms. The lowest BCUT2D eigenvalue weighted by Crippen LogP contribution is -2.31. The number of ketones is 2. The molecule has 0 radical (unpaired) electrons. The minimum Gasteiger partial charge on any atom is -0.426 e. The summed E-state index contributed by atoms with van der Waals surface area (Å²) in [6.45, 7) is 17.9. The molecular weight excluding hydrogens is 614 g/mol. The number of ether oxygens (including phenoxy) is 1. The van der Waals surface area contributed by atoms with Gasteiger partial charge in [0.15, 0.2) is 11.6 Å². The Morgan fingerprint density at radius 2 is 1.14 bits per heavy atom. The zero-order chi connectivity index (χ0) is 35.4. The van der Waals surface area contributed by atoms with E-state index in [0.29, 0.717) is 52.6 Å². The maximum Gasteiger partial charge on any atom is 0.311 e. The molecule has 1 aliphatic rings. The predicted octanol–water partition coefficient (Wildman–Crippen LogP) is 8.38. The quantitative estimate of drug-likeness (QED) is 0.0790. The normalized spacial score (nSPS) is 11.7. The molecule has 0 unspecified atom stereocenters. The minimum atomic E-state index is -0.524. The summed E-state index contributed by atoms with van der Waals surface area (Å²) in [7, 11) is 0. The second-order valence-electron chi connectivity index (χ2n) is 12.4. The fraction of sp³-hybridized carbons (Fsp3) is 0.220. The van der Waals surface area contributed by atoms with Gasteiger partial charge in [-0.2, -0.15) is 0 Å². The number of aryl methyl sites for hydroxylation is 5. The molecule has 0 saturated heterocycles. The standard InChI is InChI=1S/C41H41N3O5/c1-8-18-44(19-9-2)34(45)16-17-35(46)49-29-22-27(6)39(28(7)23-29)43-33-15-14-32(42-38-25(4)20-24(3)21-26(38)5)36-37(33)41(48)31-13-11-10-12-30(31)40(36)47/h8-15,20-23,42-43H,1-2,16-19H2,3-7H3. The number of hydrogen-bond acceptors (Lipinski definition) is 7. The van der Waals surface area contributed by atoms with Crippen LogP contribution < -0.4 is 15.4 Å². The Bertz CT molecular complexity index is 1970. The van der Waals surface area contributed by atoms with Gasteiger partial charge in [0.2, 0.25) is 5.91 Å². The number of amides is 1. The molecule has 4 aromatic carbocycles. The highest BCUT2D eigenvalue weighted by Gasteiger charge is 2.34. The molecule has 0 heterocycles. The van der Waals surface area contributed by atoms with Crippen molar-refractivity contribution in [1.29, 1.82) is 0 Å². The summed E-state index contributed by atoms with van der Waals surface area (Å²) in [5.74, 6) is -0.844. The highest BCUT2D eigenvalue weighted by Crippen LogP contribution is 2.40. The average Bonchev–Trinajstić information content (AvgIpc) is 3.05. The van der Waals surface area contributed by atoms with Crippen molar-refractivity contribution in [2.45, 2.75) is 47.5 Å². The van der Waals surface area contributed by atoms with Gasteiger partial charge in [0.05, 0.1) is 28.9 Å². The summed E-state index contributed by atoms with van der Waals surface area (Å²) in [6, 6.07) is 18.1.